The molecule has 0 aliphatic carbocycles. The topological polar surface area (TPSA) is 82.9 Å². The third-order valence-electron chi connectivity index (χ3n) is 2.98. The van der Waals surface area contributed by atoms with Crippen LogP contribution in [0.1, 0.15) is 29.7 Å². The van der Waals surface area contributed by atoms with E-state index in [4.69, 9.17) is 5.26 Å². The lowest BCUT2D eigenvalue weighted by molar-refractivity contribution is 0.565. The molecule has 1 unspecified atom stereocenters. The number of rotatable bonds is 5. The predicted octanol–water partition coefficient (Wildman–Crippen LogP) is 2.13. The van der Waals surface area contributed by atoms with Gasteiger partial charge < -0.3 is 0 Å². The Labute approximate surface area is 124 Å². The molecular formula is C15H15N3O2S. The number of hydrogen-bond donors (Lipinski definition) is 1. The fourth-order valence-corrected chi connectivity index (χ4v) is 3.30. The zero-order valence-electron chi connectivity index (χ0n) is 11.5. The van der Waals surface area contributed by atoms with Crippen LogP contribution in [0.2, 0.25) is 0 Å². The molecule has 0 bridgehead atoms. The molecule has 1 heterocycles. The normalized spacial score (nSPS) is 12.6. The van der Waals surface area contributed by atoms with Crippen LogP contribution in [0, 0.1) is 11.3 Å². The molecule has 0 aliphatic heterocycles. The largest absolute Gasteiger partial charge is 0.264 e. The molecule has 2 rings (SSSR count). The first-order valence-corrected chi connectivity index (χ1v) is 8.04. The van der Waals surface area contributed by atoms with Crippen molar-refractivity contribution >= 4 is 10.0 Å². The number of nitrogens with zero attached hydrogens (tertiary/aromatic N) is 2. The Kier molecular flexibility index (Phi) is 4.68. The highest BCUT2D eigenvalue weighted by Crippen LogP contribution is 2.14. The Morgan fingerprint density at radius 3 is 2.57 bits per heavy atom. The highest BCUT2D eigenvalue weighted by Gasteiger charge is 2.16. The van der Waals surface area contributed by atoms with Gasteiger partial charge in [0.15, 0.2) is 0 Å². The van der Waals surface area contributed by atoms with Crippen molar-refractivity contribution in [3.05, 3.63) is 65.5 Å². The van der Waals surface area contributed by atoms with Gasteiger partial charge in [-0.2, -0.15) is 5.26 Å². The van der Waals surface area contributed by atoms with Crippen LogP contribution in [0.25, 0.3) is 0 Å². The minimum atomic E-state index is -3.46. The van der Waals surface area contributed by atoms with Crippen molar-refractivity contribution < 1.29 is 8.42 Å². The van der Waals surface area contributed by atoms with Crippen LogP contribution in [0.4, 0.5) is 0 Å². The number of hydrogen-bond acceptors (Lipinski definition) is 4. The third-order valence-corrected chi connectivity index (χ3v) is 4.41. The van der Waals surface area contributed by atoms with Gasteiger partial charge in [0.2, 0.25) is 10.0 Å². The van der Waals surface area contributed by atoms with Crippen LogP contribution in [0.3, 0.4) is 0 Å². The van der Waals surface area contributed by atoms with Crippen molar-refractivity contribution in [1.82, 2.24) is 9.71 Å². The summed E-state index contributed by atoms with van der Waals surface area (Å²) in [4.78, 5) is 3.97. The van der Waals surface area contributed by atoms with Crippen molar-refractivity contribution in [2.75, 3.05) is 0 Å². The van der Waals surface area contributed by atoms with Crippen LogP contribution in [0.15, 0.2) is 48.8 Å². The highest BCUT2D eigenvalue weighted by molar-refractivity contribution is 7.88. The van der Waals surface area contributed by atoms with E-state index in [-0.39, 0.29) is 11.8 Å². The molecule has 1 aromatic heterocycles. The van der Waals surface area contributed by atoms with Crippen LogP contribution >= 0.6 is 0 Å². The van der Waals surface area contributed by atoms with Gasteiger partial charge >= 0.3 is 0 Å². The molecule has 0 radical (unpaired) electrons. The summed E-state index contributed by atoms with van der Waals surface area (Å²) in [5.41, 5.74) is 1.95. The molecule has 108 valence electrons. The van der Waals surface area contributed by atoms with Gasteiger partial charge in [-0.25, -0.2) is 13.1 Å². The molecule has 1 atom stereocenters. The van der Waals surface area contributed by atoms with Crippen LogP contribution < -0.4 is 4.72 Å². The fourth-order valence-electron chi connectivity index (χ4n) is 1.91. The first-order valence-electron chi connectivity index (χ1n) is 6.39. The van der Waals surface area contributed by atoms with Gasteiger partial charge in [0, 0.05) is 18.4 Å². The van der Waals surface area contributed by atoms with Crippen molar-refractivity contribution in [3.8, 4) is 6.07 Å². The Morgan fingerprint density at radius 1 is 1.29 bits per heavy atom. The van der Waals surface area contributed by atoms with E-state index in [1.54, 1.807) is 49.6 Å². The van der Waals surface area contributed by atoms with E-state index in [2.05, 4.69) is 9.71 Å². The van der Waals surface area contributed by atoms with Gasteiger partial charge in [0.1, 0.15) is 0 Å². The average molecular weight is 301 g/mol. The zero-order chi connectivity index (χ0) is 15.3. The number of aromatic nitrogens is 1. The maximum absolute atomic E-state index is 12.1. The number of pyridine rings is 1. The summed E-state index contributed by atoms with van der Waals surface area (Å²) in [6, 6.07) is 11.7. The molecule has 0 spiro atoms. The van der Waals surface area contributed by atoms with Gasteiger partial charge in [-0.3, -0.25) is 4.98 Å². The number of benzene rings is 1. The Balaban J connectivity index is 2.06. The van der Waals surface area contributed by atoms with Crippen LogP contribution in [0.5, 0.6) is 0 Å². The second-order valence-corrected chi connectivity index (χ2v) is 6.45. The summed E-state index contributed by atoms with van der Waals surface area (Å²) in [5, 5.41) is 8.72. The minimum absolute atomic E-state index is 0.122. The van der Waals surface area contributed by atoms with E-state index in [0.717, 1.165) is 5.56 Å². The maximum Gasteiger partial charge on any atom is 0.216 e. The van der Waals surface area contributed by atoms with Crippen LogP contribution in [-0.2, 0) is 15.8 Å². The van der Waals surface area contributed by atoms with Gasteiger partial charge in [-0.1, -0.05) is 18.2 Å². The first kappa shape index (κ1) is 15.2. The molecule has 1 N–H and O–H groups in total. The van der Waals surface area contributed by atoms with Gasteiger partial charge in [-0.15, -0.1) is 0 Å². The Bertz CT molecular complexity index is 735. The Morgan fingerprint density at radius 2 is 2.00 bits per heavy atom. The molecule has 5 nitrogen and oxygen atoms in total. The number of nitrogens with one attached hydrogen (secondary N) is 1. The lowest BCUT2D eigenvalue weighted by atomic mass is 10.2. The molecule has 0 saturated heterocycles. The first-order chi connectivity index (χ1) is 10.00. The Hall–Kier alpha value is -2.23. The van der Waals surface area contributed by atoms with E-state index in [0.29, 0.717) is 11.1 Å². The molecule has 0 aliphatic rings. The van der Waals surface area contributed by atoms with E-state index >= 15 is 0 Å². The standard InChI is InChI=1S/C15H15N3O2S/c1-12(15-3-2-8-17-10-15)18-21(19,20)11-14-6-4-13(9-16)5-7-14/h2-8,10,12,18H,11H2,1H3. The minimum Gasteiger partial charge on any atom is -0.264 e. The molecular weight excluding hydrogens is 286 g/mol. The van der Waals surface area contributed by atoms with E-state index in [1.807, 2.05) is 12.1 Å². The quantitative estimate of drug-likeness (QED) is 0.917. The predicted molar refractivity (Wildman–Crippen MR) is 79.6 cm³/mol. The van der Waals surface area contributed by atoms with Gasteiger partial charge in [0.05, 0.1) is 17.4 Å². The van der Waals surface area contributed by atoms with E-state index < -0.39 is 10.0 Å². The molecule has 6 heteroatoms. The lowest BCUT2D eigenvalue weighted by Gasteiger charge is -2.14. The van der Waals surface area contributed by atoms with Crippen molar-refractivity contribution in [1.29, 1.82) is 5.26 Å². The molecule has 2 aromatic rings. The second kappa shape index (κ2) is 6.48. The fraction of sp³-hybridized carbons (Fsp3) is 0.200. The zero-order valence-corrected chi connectivity index (χ0v) is 12.3. The average Bonchev–Trinajstić information content (AvgIpc) is 2.48. The van der Waals surface area contributed by atoms with Gasteiger partial charge in [-0.05, 0) is 36.2 Å². The van der Waals surface area contributed by atoms with Crippen molar-refractivity contribution in [3.63, 3.8) is 0 Å². The second-order valence-electron chi connectivity index (χ2n) is 4.69. The smallest absolute Gasteiger partial charge is 0.216 e. The van der Waals surface area contributed by atoms with E-state index in [1.165, 1.54) is 0 Å². The van der Waals surface area contributed by atoms with Gasteiger partial charge in [0.25, 0.3) is 0 Å². The third kappa shape index (κ3) is 4.38. The molecule has 1 aromatic carbocycles. The maximum atomic E-state index is 12.1. The molecule has 0 saturated carbocycles. The number of nitriles is 1. The molecule has 0 fully saturated rings. The summed E-state index contributed by atoms with van der Waals surface area (Å²) in [7, 11) is -3.46. The number of sulfonamides is 1. The SMILES string of the molecule is CC(NS(=O)(=O)Cc1ccc(C#N)cc1)c1cccnc1. The summed E-state index contributed by atoms with van der Waals surface area (Å²) >= 11 is 0. The molecule has 21 heavy (non-hydrogen) atoms. The molecule has 0 amide bonds. The van der Waals surface area contributed by atoms with E-state index in [9.17, 15) is 8.42 Å². The summed E-state index contributed by atoms with van der Waals surface area (Å²) < 4.78 is 26.9. The lowest BCUT2D eigenvalue weighted by Crippen LogP contribution is -2.28. The van der Waals surface area contributed by atoms with Crippen LogP contribution in [-0.4, -0.2) is 13.4 Å². The van der Waals surface area contributed by atoms with Crippen molar-refractivity contribution in [2.45, 2.75) is 18.7 Å². The summed E-state index contributed by atoms with van der Waals surface area (Å²) in [6.07, 6.45) is 3.27. The monoisotopic (exact) mass is 301 g/mol. The highest BCUT2D eigenvalue weighted by atomic mass is 32.2. The van der Waals surface area contributed by atoms with Crippen molar-refractivity contribution in [2.24, 2.45) is 0 Å². The summed E-state index contributed by atoms with van der Waals surface area (Å²) in [5.74, 6) is -0.122. The summed E-state index contributed by atoms with van der Waals surface area (Å²) in [6.45, 7) is 1.77.